The number of carbonyl (C=O) groups is 1. The molecule has 122 valence electrons. The number of primary amides is 1. The molecule has 0 spiro atoms. The number of aryl methyl sites for hydroxylation is 1. The Morgan fingerprint density at radius 1 is 1.48 bits per heavy atom. The highest BCUT2D eigenvalue weighted by Crippen LogP contribution is 2.30. The van der Waals surface area contributed by atoms with E-state index in [0.29, 0.717) is 5.01 Å². The van der Waals surface area contributed by atoms with E-state index in [1.165, 1.54) is 11.3 Å². The van der Waals surface area contributed by atoms with E-state index in [1.807, 2.05) is 25.1 Å². The molecule has 6 nitrogen and oxygen atoms in total. The van der Waals surface area contributed by atoms with E-state index in [4.69, 9.17) is 11.5 Å². The van der Waals surface area contributed by atoms with E-state index in [0.717, 1.165) is 41.7 Å². The molecule has 5 N–H and O–H groups in total. The number of thiazole rings is 1. The van der Waals surface area contributed by atoms with Crippen molar-refractivity contribution in [1.82, 2.24) is 10.3 Å². The second-order valence-electron chi connectivity index (χ2n) is 5.86. The predicted molar refractivity (Wildman–Crippen MR) is 93.8 cm³/mol. The Morgan fingerprint density at radius 2 is 2.30 bits per heavy atom. The largest absolute Gasteiger partial charge is 0.386 e. The molecule has 0 saturated carbocycles. The monoisotopic (exact) mass is 331 g/mol. The van der Waals surface area contributed by atoms with Crippen LogP contribution in [0.5, 0.6) is 0 Å². The standard InChI is InChI=1S/C16H21N5OS/c1-9-4-2-6-11-13(9)23-16(21-11)12(15(18)22)14(17)20-10-5-3-7-19-8-10/h2,4,6,10,12,19H,3,5,7-8H2,1H3,(H2,17,20)(H2,18,22). The summed E-state index contributed by atoms with van der Waals surface area (Å²) in [6.45, 7) is 3.81. The Bertz CT molecular complexity index is 748. The van der Waals surface area contributed by atoms with Gasteiger partial charge in [0.15, 0.2) is 0 Å². The molecule has 2 atom stereocenters. The summed E-state index contributed by atoms with van der Waals surface area (Å²) in [6, 6.07) is 6.00. The molecule has 23 heavy (non-hydrogen) atoms. The molecule has 1 aromatic carbocycles. The van der Waals surface area contributed by atoms with E-state index in [2.05, 4.69) is 15.3 Å². The highest BCUT2D eigenvalue weighted by molar-refractivity contribution is 7.19. The molecule has 1 saturated heterocycles. The summed E-state index contributed by atoms with van der Waals surface area (Å²) in [5.74, 6) is -0.997. The lowest BCUT2D eigenvalue weighted by atomic mass is 10.1. The SMILES string of the molecule is Cc1cccc2nc(C(C(N)=O)C(N)=NC3CCCNC3)sc12. The zero-order valence-electron chi connectivity index (χ0n) is 13.1. The molecule has 0 aliphatic carbocycles. The molecular formula is C16H21N5OS. The molecule has 1 fully saturated rings. The minimum atomic E-state index is -0.756. The smallest absolute Gasteiger partial charge is 0.235 e. The lowest BCUT2D eigenvalue weighted by molar-refractivity contribution is -0.118. The fraction of sp³-hybridized carbons (Fsp3) is 0.438. The average Bonchev–Trinajstić information content (AvgIpc) is 2.93. The summed E-state index contributed by atoms with van der Waals surface area (Å²) in [7, 11) is 0. The first-order chi connectivity index (χ1) is 11.1. The number of carbonyl (C=O) groups excluding carboxylic acids is 1. The molecule has 7 heteroatoms. The van der Waals surface area contributed by atoms with Crippen molar-refractivity contribution in [3.05, 3.63) is 28.8 Å². The number of nitrogens with two attached hydrogens (primary N) is 2. The highest BCUT2D eigenvalue weighted by Gasteiger charge is 2.27. The van der Waals surface area contributed by atoms with E-state index < -0.39 is 11.8 Å². The summed E-state index contributed by atoms with van der Waals surface area (Å²) < 4.78 is 1.06. The molecule has 0 bridgehead atoms. The topological polar surface area (TPSA) is 106 Å². The zero-order valence-corrected chi connectivity index (χ0v) is 13.9. The molecule has 0 radical (unpaired) electrons. The number of aromatic nitrogens is 1. The third-order valence-electron chi connectivity index (χ3n) is 4.06. The number of amides is 1. The molecule has 1 aromatic heterocycles. The number of nitrogens with one attached hydrogen (secondary N) is 1. The van der Waals surface area contributed by atoms with Crippen LogP contribution in [0.4, 0.5) is 0 Å². The maximum Gasteiger partial charge on any atom is 0.235 e. The normalized spacial score (nSPS) is 20.6. The minimum absolute atomic E-state index is 0.0988. The maximum atomic E-state index is 12.0. The Kier molecular flexibility index (Phi) is 4.58. The lowest BCUT2D eigenvalue weighted by Gasteiger charge is -2.21. The van der Waals surface area contributed by atoms with E-state index in [-0.39, 0.29) is 11.9 Å². The Balaban J connectivity index is 1.95. The molecular weight excluding hydrogens is 310 g/mol. The lowest BCUT2D eigenvalue weighted by Crippen LogP contribution is -2.38. The summed E-state index contributed by atoms with van der Waals surface area (Å²) >= 11 is 1.46. The molecule has 1 aliphatic heterocycles. The number of hydrogen-bond acceptors (Lipinski definition) is 5. The molecule has 2 unspecified atom stereocenters. The van der Waals surface area contributed by atoms with E-state index in [1.54, 1.807) is 0 Å². The molecule has 1 aliphatic rings. The first-order valence-electron chi connectivity index (χ1n) is 7.75. The number of rotatable bonds is 4. The third kappa shape index (κ3) is 3.35. The van der Waals surface area contributed by atoms with Crippen LogP contribution >= 0.6 is 11.3 Å². The van der Waals surface area contributed by atoms with Crippen LogP contribution in [0.2, 0.25) is 0 Å². The van der Waals surface area contributed by atoms with Crippen molar-refractivity contribution in [2.24, 2.45) is 16.5 Å². The van der Waals surface area contributed by atoms with Gasteiger partial charge in [0.25, 0.3) is 0 Å². The van der Waals surface area contributed by atoms with Gasteiger partial charge in [-0.15, -0.1) is 11.3 Å². The van der Waals surface area contributed by atoms with Crippen molar-refractivity contribution in [2.75, 3.05) is 13.1 Å². The van der Waals surface area contributed by atoms with Crippen LogP contribution in [0.3, 0.4) is 0 Å². The Labute approximate surface area is 139 Å². The Morgan fingerprint density at radius 3 is 2.96 bits per heavy atom. The fourth-order valence-corrected chi connectivity index (χ4v) is 4.01. The van der Waals surface area contributed by atoms with Crippen molar-refractivity contribution in [3.63, 3.8) is 0 Å². The predicted octanol–water partition coefficient (Wildman–Crippen LogP) is 1.28. The van der Waals surface area contributed by atoms with Gasteiger partial charge in [0.05, 0.1) is 16.3 Å². The van der Waals surface area contributed by atoms with E-state index >= 15 is 0 Å². The number of amidine groups is 1. The van der Waals surface area contributed by atoms with Gasteiger partial charge in [-0.2, -0.15) is 0 Å². The summed E-state index contributed by atoms with van der Waals surface area (Å²) in [6.07, 6.45) is 2.03. The van der Waals surface area contributed by atoms with Gasteiger partial charge < -0.3 is 16.8 Å². The van der Waals surface area contributed by atoms with Crippen molar-refractivity contribution in [3.8, 4) is 0 Å². The zero-order chi connectivity index (χ0) is 16.4. The maximum absolute atomic E-state index is 12.0. The van der Waals surface area contributed by atoms with Gasteiger partial charge >= 0.3 is 0 Å². The van der Waals surface area contributed by atoms with Crippen LogP contribution in [0.1, 0.15) is 29.3 Å². The van der Waals surface area contributed by atoms with Gasteiger partial charge in [-0.3, -0.25) is 9.79 Å². The van der Waals surface area contributed by atoms with Crippen molar-refractivity contribution in [2.45, 2.75) is 31.7 Å². The average molecular weight is 331 g/mol. The van der Waals surface area contributed by atoms with Crippen LogP contribution in [0.15, 0.2) is 23.2 Å². The molecule has 2 heterocycles. The highest BCUT2D eigenvalue weighted by atomic mass is 32.1. The number of fused-ring (bicyclic) bond motifs is 1. The van der Waals surface area contributed by atoms with Crippen LogP contribution in [0.25, 0.3) is 10.2 Å². The van der Waals surface area contributed by atoms with Crippen molar-refractivity contribution >= 4 is 33.3 Å². The molecule has 2 aromatic rings. The second kappa shape index (κ2) is 6.64. The third-order valence-corrected chi connectivity index (χ3v) is 5.33. The first-order valence-corrected chi connectivity index (χ1v) is 8.57. The first kappa shape index (κ1) is 15.9. The summed E-state index contributed by atoms with van der Waals surface area (Å²) in [5.41, 5.74) is 13.7. The number of piperidine rings is 1. The van der Waals surface area contributed by atoms with Crippen LogP contribution in [-0.4, -0.2) is 35.9 Å². The van der Waals surface area contributed by atoms with Gasteiger partial charge in [0, 0.05) is 6.54 Å². The molecule has 1 amide bonds. The summed E-state index contributed by atoms with van der Waals surface area (Å²) in [5, 5.41) is 3.90. The van der Waals surface area contributed by atoms with Gasteiger partial charge in [0.2, 0.25) is 5.91 Å². The van der Waals surface area contributed by atoms with Crippen LogP contribution < -0.4 is 16.8 Å². The van der Waals surface area contributed by atoms with Gasteiger partial charge in [-0.25, -0.2) is 4.98 Å². The number of nitrogens with zero attached hydrogens (tertiary/aromatic N) is 2. The van der Waals surface area contributed by atoms with Crippen LogP contribution in [0, 0.1) is 6.92 Å². The quantitative estimate of drug-likeness (QED) is 0.579. The number of hydrogen-bond donors (Lipinski definition) is 3. The van der Waals surface area contributed by atoms with Crippen molar-refractivity contribution in [1.29, 1.82) is 0 Å². The van der Waals surface area contributed by atoms with Gasteiger partial charge in [-0.1, -0.05) is 12.1 Å². The number of aliphatic imine (C=N–C) groups is 1. The van der Waals surface area contributed by atoms with E-state index in [9.17, 15) is 4.79 Å². The number of benzene rings is 1. The van der Waals surface area contributed by atoms with Crippen molar-refractivity contribution < 1.29 is 4.79 Å². The Hall–Kier alpha value is -1.99. The van der Waals surface area contributed by atoms with Crippen LogP contribution in [-0.2, 0) is 4.79 Å². The fourth-order valence-electron chi connectivity index (χ4n) is 2.85. The molecule has 3 rings (SSSR count). The summed E-state index contributed by atoms with van der Waals surface area (Å²) in [4.78, 5) is 21.0. The van der Waals surface area contributed by atoms with Gasteiger partial charge in [0.1, 0.15) is 16.8 Å². The second-order valence-corrected chi connectivity index (χ2v) is 6.90. The van der Waals surface area contributed by atoms with Gasteiger partial charge in [-0.05, 0) is 37.9 Å². The minimum Gasteiger partial charge on any atom is -0.386 e.